The molecule has 9 heteroatoms. The van der Waals surface area contributed by atoms with Crippen LogP contribution in [0.4, 0.5) is 0 Å². The summed E-state index contributed by atoms with van der Waals surface area (Å²) in [5, 5.41) is 0. The zero-order valence-corrected chi connectivity index (χ0v) is 14.4. The van der Waals surface area contributed by atoms with Crippen LogP contribution in [-0.4, -0.2) is 24.5 Å². The van der Waals surface area contributed by atoms with Gasteiger partial charge < -0.3 is 9.55 Å². The van der Waals surface area contributed by atoms with Crippen molar-refractivity contribution in [3.63, 3.8) is 0 Å². The third-order valence-electron chi connectivity index (χ3n) is 3.49. The fraction of sp³-hybridized carbons (Fsp3) is 0.200. The third kappa shape index (κ3) is 3.18. The van der Waals surface area contributed by atoms with E-state index >= 15 is 0 Å². The zero-order chi connectivity index (χ0) is 17.3. The van der Waals surface area contributed by atoms with Crippen LogP contribution in [0.3, 0.4) is 0 Å². The summed E-state index contributed by atoms with van der Waals surface area (Å²) >= 11 is 1.18. The van der Waals surface area contributed by atoms with Crippen molar-refractivity contribution in [2.75, 3.05) is 6.54 Å². The van der Waals surface area contributed by atoms with Crippen molar-refractivity contribution in [3.8, 4) is 0 Å². The fourth-order valence-corrected chi connectivity index (χ4v) is 4.71. The lowest BCUT2D eigenvalue weighted by Gasteiger charge is -2.10. The van der Waals surface area contributed by atoms with E-state index in [-0.39, 0.29) is 17.3 Å². The predicted molar refractivity (Wildman–Crippen MR) is 93.1 cm³/mol. The van der Waals surface area contributed by atoms with E-state index in [1.54, 1.807) is 30.3 Å². The number of nitrogens with one attached hydrogen (secondary N) is 2. The Kier molecular flexibility index (Phi) is 4.39. The standard InChI is InChI=1S/C15H15N3O4S2/c1-10-6-7-13(23-10)24(21,22)16-8-9-18-12-5-3-2-4-11(12)17-14(19)15(18)20/h2-7,16H,8-9H2,1H3,(H,17,19). The SMILES string of the molecule is Cc1ccc(S(=O)(=O)NCCn2c(=O)c(=O)[nH]c3ccccc32)s1. The second-order valence-electron chi connectivity index (χ2n) is 5.19. The molecule has 0 amide bonds. The first-order chi connectivity index (χ1) is 11.4. The summed E-state index contributed by atoms with van der Waals surface area (Å²) in [7, 11) is -3.62. The van der Waals surface area contributed by atoms with Crippen LogP contribution in [0.25, 0.3) is 11.0 Å². The highest BCUT2D eigenvalue weighted by molar-refractivity contribution is 7.91. The van der Waals surface area contributed by atoms with Gasteiger partial charge in [-0.2, -0.15) is 0 Å². The van der Waals surface area contributed by atoms with Gasteiger partial charge >= 0.3 is 11.1 Å². The lowest BCUT2D eigenvalue weighted by atomic mass is 10.3. The van der Waals surface area contributed by atoms with Gasteiger partial charge in [0.15, 0.2) is 0 Å². The summed E-state index contributed by atoms with van der Waals surface area (Å²) in [6.07, 6.45) is 0. The number of sulfonamides is 1. The van der Waals surface area contributed by atoms with Crippen LogP contribution in [0.5, 0.6) is 0 Å². The van der Waals surface area contributed by atoms with Crippen LogP contribution >= 0.6 is 11.3 Å². The van der Waals surface area contributed by atoms with E-state index in [9.17, 15) is 18.0 Å². The maximum atomic E-state index is 12.2. The lowest BCUT2D eigenvalue weighted by Crippen LogP contribution is -2.39. The Bertz CT molecular complexity index is 1110. The van der Waals surface area contributed by atoms with Gasteiger partial charge in [0.25, 0.3) is 0 Å². The van der Waals surface area contributed by atoms with Crippen molar-refractivity contribution in [1.82, 2.24) is 14.3 Å². The number of nitrogens with zero attached hydrogens (tertiary/aromatic N) is 1. The number of H-pyrrole nitrogens is 1. The quantitative estimate of drug-likeness (QED) is 0.660. The van der Waals surface area contributed by atoms with Crippen LogP contribution in [-0.2, 0) is 16.6 Å². The molecule has 0 radical (unpaired) electrons. The van der Waals surface area contributed by atoms with Crippen molar-refractivity contribution in [1.29, 1.82) is 0 Å². The summed E-state index contributed by atoms with van der Waals surface area (Å²) in [6.45, 7) is 1.89. The Morgan fingerprint density at radius 1 is 1.17 bits per heavy atom. The first kappa shape index (κ1) is 16.6. The van der Waals surface area contributed by atoms with E-state index < -0.39 is 21.1 Å². The number of hydrogen-bond donors (Lipinski definition) is 2. The summed E-state index contributed by atoms with van der Waals surface area (Å²) in [4.78, 5) is 27.2. The molecular formula is C15H15N3O4S2. The number of hydrogen-bond acceptors (Lipinski definition) is 5. The first-order valence-corrected chi connectivity index (χ1v) is 9.46. The van der Waals surface area contributed by atoms with E-state index in [2.05, 4.69) is 9.71 Å². The van der Waals surface area contributed by atoms with Gasteiger partial charge in [-0.1, -0.05) is 12.1 Å². The largest absolute Gasteiger partial charge is 0.316 e. The molecule has 3 rings (SSSR count). The molecule has 24 heavy (non-hydrogen) atoms. The van der Waals surface area contributed by atoms with Gasteiger partial charge in [0.1, 0.15) is 4.21 Å². The monoisotopic (exact) mass is 365 g/mol. The molecule has 0 spiro atoms. The number of benzene rings is 1. The van der Waals surface area contributed by atoms with Gasteiger partial charge in [-0.3, -0.25) is 9.59 Å². The molecular weight excluding hydrogens is 350 g/mol. The normalized spacial score (nSPS) is 11.9. The number of para-hydroxylation sites is 2. The van der Waals surface area contributed by atoms with Crippen molar-refractivity contribution in [3.05, 3.63) is 62.0 Å². The van der Waals surface area contributed by atoms with Crippen LogP contribution in [0, 0.1) is 6.92 Å². The van der Waals surface area contributed by atoms with E-state index in [4.69, 9.17) is 0 Å². The first-order valence-electron chi connectivity index (χ1n) is 7.16. The highest BCUT2D eigenvalue weighted by Gasteiger charge is 2.16. The number of thiophene rings is 1. The summed E-state index contributed by atoms with van der Waals surface area (Å²) < 4.78 is 28.3. The molecule has 1 aromatic carbocycles. The highest BCUT2D eigenvalue weighted by Crippen LogP contribution is 2.20. The number of fused-ring (bicyclic) bond motifs is 1. The van der Waals surface area contributed by atoms with Crippen molar-refractivity contribution >= 4 is 32.4 Å². The Labute approximate surface area is 141 Å². The van der Waals surface area contributed by atoms with Gasteiger partial charge in [-0.15, -0.1) is 11.3 Å². The molecule has 2 heterocycles. The minimum atomic E-state index is -3.62. The van der Waals surface area contributed by atoms with Gasteiger partial charge in [-0.05, 0) is 31.2 Å². The van der Waals surface area contributed by atoms with Gasteiger partial charge in [0.05, 0.1) is 11.0 Å². The van der Waals surface area contributed by atoms with Crippen molar-refractivity contribution in [2.24, 2.45) is 0 Å². The Hall–Kier alpha value is -2.23. The molecule has 0 bridgehead atoms. The Morgan fingerprint density at radius 3 is 2.62 bits per heavy atom. The van der Waals surface area contributed by atoms with Crippen molar-refractivity contribution in [2.45, 2.75) is 17.7 Å². The minimum Gasteiger partial charge on any atom is -0.316 e. The van der Waals surface area contributed by atoms with Gasteiger partial charge in [-0.25, -0.2) is 13.1 Å². The predicted octanol–water partition coefficient (Wildman–Crippen LogP) is 1.04. The number of rotatable bonds is 5. The van der Waals surface area contributed by atoms with Gasteiger partial charge in [0.2, 0.25) is 10.0 Å². The fourth-order valence-electron chi connectivity index (χ4n) is 2.36. The van der Waals surface area contributed by atoms with Crippen LogP contribution < -0.4 is 15.8 Å². The summed E-state index contributed by atoms with van der Waals surface area (Å²) in [5.74, 6) is 0. The summed E-state index contributed by atoms with van der Waals surface area (Å²) in [6, 6.07) is 10.1. The minimum absolute atomic E-state index is 0.00658. The second-order valence-corrected chi connectivity index (χ2v) is 8.47. The Morgan fingerprint density at radius 2 is 1.92 bits per heavy atom. The molecule has 0 atom stereocenters. The molecule has 7 nitrogen and oxygen atoms in total. The zero-order valence-electron chi connectivity index (χ0n) is 12.8. The topological polar surface area (TPSA) is 101 Å². The van der Waals surface area contributed by atoms with Crippen LogP contribution in [0.1, 0.15) is 4.88 Å². The van der Waals surface area contributed by atoms with Crippen molar-refractivity contribution < 1.29 is 8.42 Å². The molecule has 2 aromatic heterocycles. The maximum absolute atomic E-state index is 12.2. The average Bonchev–Trinajstić information content (AvgIpc) is 2.98. The number of aromatic nitrogens is 2. The molecule has 0 saturated heterocycles. The highest BCUT2D eigenvalue weighted by atomic mass is 32.2. The molecule has 3 aromatic rings. The maximum Gasteiger partial charge on any atom is 0.316 e. The number of aryl methyl sites for hydroxylation is 1. The van der Waals surface area contributed by atoms with Crippen LogP contribution in [0.15, 0.2) is 50.2 Å². The van der Waals surface area contributed by atoms with E-state index in [1.807, 2.05) is 6.92 Å². The van der Waals surface area contributed by atoms with E-state index in [0.717, 1.165) is 4.88 Å². The molecule has 126 valence electrons. The smallest absolute Gasteiger partial charge is 0.316 e. The van der Waals surface area contributed by atoms with Gasteiger partial charge in [0, 0.05) is 18.0 Å². The molecule has 0 aliphatic rings. The molecule has 0 fully saturated rings. The Balaban J connectivity index is 1.85. The number of aromatic amines is 1. The molecule has 0 saturated carbocycles. The molecule has 0 aliphatic heterocycles. The van der Waals surface area contributed by atoms with E-state index in [0.29, 0.717) is 11.0 Å². The third-order valence-corrected chi connectivity index (χ3v) is 6.44. The van der Waals surface area contributed by atoms with Crippen LogP contribution in [0.2, 0.25) is 0 Å². The van der Waals surface area contributed by atoms with E-state index in [1.165, 1.54) is 22.0 Å². The molecule has 2 N–H and O–H groups in total. The lowest BCUT2D eigenvalue weighted by molar-refractivity contribution is 0.574. The molecule has 0 aliphatic carbocycles. The second kappa shape index (κ2) is 6.34. The average molecular weight is 365 g/mol. The summed E-state index contributed by atoms with van der Waals surface area (Å²) in [5.41, 5.74) is -0.364. The molecule has 0 unspecified atom stereocenters.